The van der Waals surface area contributed by atoms with Crippen LogP contribution in [0.4, 0.5) is 0 Å². The van der Waals surface area contributed by atoms with Crippen molar-refractivity contribution in [1.29, 1.82) is 0 Å². The number of carbonyl (C=O) groups excluding carboxylic acids is 1. The van der Waals surface area contributed by atoms with Gasteiger partial charge in [0.05, 0.1) is 5.69 Å². The number of aromatic nitrogens is 1. The summed E-state index contributed by atoms with van der Waals surface area (Å²) in [5.41, 5.74) is 2.15. The van der Waals surface area contributed by atoms with E-state index >= 15 is 0 Å². The average Bonchev–Trinajstić information content (AvgIpc) is 2.82. The Morgan fingerprint density at radius 3 is 2.48 bits per heavy atom. The van der Waals surface area contributed by atoms with Crippen LogP contribution in [0, 0.1) is 13.8 Å². The molecule has 1 atom stereocenters. The Kier molecular flexibility index (Phi) is 5.54. The van der Waals surface area contributed by atoms with E-state index in [4.69, 9.17) is 4.52 Å². The van der Waals surface area contributed by atoms with Gasteiger partial charge in [-0.25, -0.2) is 4.79 Å². The zero-order chi connectivity index (χ0) is 17.0. The summed E-state index contributed by atoms with van der Waals surface area (Å²) in [5, 5.41) is 15.7. The first-order chi connectivity index (χ1) is 10.9. The Labute approximate surface area is 142 Å². The number of rotatable bonds is 6. The molecule has 1 amide bonds. The van der Waals surface area contributed by atoms with E-state index in [0.717, 1.165) is 15.7 Å². The molecule has 0 bridgehead atoms. The zero-order valence-corrected chi connectivity index (χ0v) is 14.4. The summed E-state index contributed by atoms with van der Waals surface area (Å²) >= 11 is 3.29. The number of hydrogen-bond donors (Lipinski definition) is 2. The maximum absolute atomic E-state index is 12.1. The summed E-state index contributed by atoms with van der Waals surface area (Å²) in [6, 6.07) is 5.73. The third-order valence-corrected chi connectivity index (χ3v) is 4.07. The first-order valence-corrected chi connectivity index (χ1v) is 7.87. The molecule has 1 aromatic heterocycles. The summed E-state index contributed by atoms with van der Waals surface area (Å²) in [6.07, 6.45) is 0.628. The second kappa shape index (κ2) is 7.41. The quantitative estimate of drug-likeness (QED) is 0.803. The number of benzene rings is 1. The van der Waals surface area contributed by atoms with Gasteiger partial charge in [-0.2, -0.15) is 0 Å². The molecule has 1 unspecified atom stereocenters. The summed E-state index contributed by atoms with van der Waals surface area (Å²) in [6.45, 7) is 3.60. The van der Waals surface area contributed by atoms with Crippen LogP contribution in [0.5, 0.6) is 0 Å². The number of aliphatic carboxylic acids is 1. The molecule has 1 heterocycles. The van der Waals surface area contributed by atoms with Gasteiger partial charge in [-0.3, -0.25) is 4.79 Å². The van der Waals surface area contributed by atoms with Crippen LogP contribution in [-0.2, 0) is 16.0 Å². The van der Waals surface area contributed by atoms with Crippen molar-refractivity contribution in [1.82, 2.24) is 10.5 Å². The highest BCUT2D eigenvalue weighted by Gasteiger charge is 2.22. The number of carboxylic acid groups (broad SMARTS) is 1. The fourth-order valence-corrected chi connectivity index (χ4v) is 2.54. The normalized spacial score (nSPS) is 12.0. The molecule has 23 heavy (non-hydrogen) atoms. The predicted octanol–water partition coefficient (Wildman–Crippen LogP) is 2.93. The Morgan fingerprint density at radius 2 is 1.96 bits per heavy atom. The van der Waals surface area contributed by atoms with Crippen LogP contribution in [-0.4, -0.2) is 22.1 Å². The molecule has 2 rings (SSSR count). The Bertz CT molecular complexity index is 690. The van der Waals surface area contributed by atoms with Crippen molar-refractivity contribution in [3.63, 3.8) is 0 Å². The van der Waals surface area contributed by atoms with Crippen LogP contribution in [0.2, 0.25) is 0 Å². The summed E-state index contributed by atoms with van der Waals surface area (Å²) < 4.78 is 5.89. The van der Waals surface area contributed by atoms with Crippen molar-refractivity contribution in [3.8, 4) is 0 Å². The molecule has 0 spiro atoms. The molecule has 0 saturated carbocycles. The molecule has 0 fully saturated rings. The van der Waals surface area contributed by atoms with E-state index in [-0.39, 0.29) is 12.3 Å². The monoisotopic (exact) mass is 380 g/mol. The van der Waals surface area contributed by atoms with Crippen LogP contribution in [0.25, 0.3) is 0 Å². The molecule has 0 saturated heterocycles. The third-order valence-electron chi connectivity index (χ3n) is 3.54. The average molecular weight is 381 g/mol. The number of aryl methyl sites for hydroxylation is 2. The molecular weight excluding hydrogens is 364 g/mol. The molecule has 1 aromatic carbocycles. The summed E-state index contributed by atoms with van der Waals surface area (Å²) in [4.78, 5) is 23.5. The fourth-order valence-electron chi connectivity index (χ4n) is 2.27. The van der Waals surface area contributed by atoms with Crippen LogP contribution in [0.1, 0.15) is 35.0 Å². The Balaban J connectivity index is 2.01. The number of nitrogens with one attached hydrogen (secondary N) is 1. The molecule has 2 aromatic rings. The molecule has 122 valence electrons. The second-order valence-corrected chi connectivity index (χ2v) is 6.11. The minimum Gasteiger partial charge on any atom is -0.479 e. The highest BCUT2D eigenvalue weighted by atomic mass is 79.9. The van der Waals surface area contributed by atoms with E-state index in [9.17, 15) is 14.7 Å². The van der Waals surface area contributed by atoms with Crippen LogP contribution < -0.4 is 5.32 Å². The lowest BCUT2D eigenvalue weighted by molar-refractivity contribution is -0.142. The molecule has 2 N–H and O–H groups in total. The molecule has 0 aliphatic heterocycles. The maximum atomic E-state index is 12.1. The number of hydrogen-bond acceptors (Lipinski definition) is 4. The first-order valence-electron chi connectivity index (χ1n) is 7.08. The van der Waals surface area contributed by atoms with Gasteiger partial charge in [0.1, 0.15) is 5.76 Å². The van der Waals surface area contributed by atoms with Gasteiger partial charge in [0.25, 0.3) is 0 Å². The van der Waals surface area contributed by atoms with Crippen molar-refractivity contribution < 1.29 is 19.2 Å². The van der Waals surface area contributed by atoms with Crippen molar-refractivity contribution in [3.05, 3.63) is 51.3 Å². The van der Waals surface area contributed by atoms with Crippen molar-refractivity contribution in [2.75, 3.05) is 0 Å². The third kappa shape index (κ3) is 4.41. The summed E-state index contributed by atoms with van der Waals surface area (Å²) in [5.74, 6) is -0.753. The van der Waals surface area contributed by atoms with Crippen LogP contribution in [0.3, 0.4) is 0 Å². The van der Waals surface area contributed by atoms with Crippen LogP contribution in [0.15, 0.2) is 33.3 Å². The minimum atomic E-state index is -1.10. The van der Waals surface area contributed by atoms with Crippen molar-refractivity contribution in [2.45, 2.75) is 32.7 Å². The molecule has 7 heteroatoms. The lowest BCUT2D eigenvalue weighted by atomic mass is 10.1. The topological polar surface area (TPSA) is 92.4 Å². The standard InChI is InChI=1S/C16H17BrN2O4/c1-9-13(10(2)23-19-9)7-8-14(20)18-15(16(21)22)11-3-5-12(17)6-4-11/h3-6,15H,7-8H2,1-2H3,(H,18,20)(H,21,22). The lowest BCUT2D eigenvalue weighted by Gasteiger charge is -2.15. The smallest absolute Gasteiger partial charge is 0.330 e. The number of carboxylic acids is 1. The highest BCUT2D eigenvalue weighted by Crippen LogP contribution is 2.18. The van der Waals surface area contributed by atoms with Gasteiger partial charge in [0.2, 0.25) is 5.91 Å². The molecule has 0 aliphatic carbocycles. The van der Waals surface area contributed by atoms with Gasteiger partial charge in [-0.05, 0) is 38.0 Å². The van der Waals surface area contributed by atoms with Crippen molar-refractivity contribution in [2.24, 2.45) is 0 Å². The van der Waals surface area contributed by atoms with E-state index < -0.39 is 12.0 Å². The van der Waals surface area contributed by atoms with E-state index in [1.807, 2.05) is 6.92 Å². The van der Waals surface area contributed by atoms with E-state index in [2.05, 4.69) is 26.4 Å². The largest absolute Gasteiger partial charge is 0.479 e. The number of halogens is 1. The van der Waals surface area contributed by atoms with E-state index in [1.54, 1.807) is 31.2 Å². The number of amides is 1. The highest BCUT2D eigenvalue weighted by molar-refractivity contribution is 9.10. The van der Waals surface area contributed by atoms with Crippen molar-refractivity contribution >= 4 is 27.8 Å². The molecule has 0 aliphatic rings. The zero-order valence-electron chi connectivity index (χ0n) is 12.8. The Morgan fingerprint density at radius 1 is 1.30 bits per heavy atom. The minimum absolute atomic E-state index is 0.170. The SMILES string of the molecule is Cc1noc(C)c1CCC(=O)NC(C(=O)O)c1ccc(Br)cc1. The van der Waals surface area contributed by atoms with Gasteiger partial charge < -0.3 is 14.9 Å². The lowest BCUT2D eigenvalue weighted by Crippen LogP contribution is -2.33. The van der Waals surface area contributed by atoms with Gasteiger partial charge in [-0.15, -0.1) is 0 Å². The van der Waals surface area contributed by atoms with Crippen LogP contribution >= 0.6 is 15.9 Å². The van der Waals surface area contributed by atoms with Gasteiger partial charge in [0, 0.05) is 16.5 Å². The molecule has 0 radical (unpaired) electrons. The summed E-state index contributed by atoms with van der Waals surface area (Å²) in [7, 11) is 0. The number of carbonyl (C=O) groups is 2. The van der Waals surface area contributed by atoms with E-state index in [0.29, 0.717) is 17.7 Å². The second-order valence-electron chi connectivity index (χ2n) is 5.19. The van der Waals surface area contributed by atoms with E-state index in [1.165, 1.54) is 0 Å². The first kappa shape index (κ1) is 17.2. The van der Waals surface area contributed by atoms with Gasteiger partial charge in [0.15, 0.2) is 6.04 Å². The predicted molar refractivity (Wildman–Crippen MR) is 87.0 cm³/mol. The molecular formula is C16H17BrN2O4. The van der Waals surface area contributed by atoms with Gasteiger partial charge in [-0.1, -0.05) is 33.2 Å². The maximum Gasteiger partial charge on any atom is 0.330 e. The molecule has 6 nitrogen and oxygen atoms in total. The fraction of sp³-hybridized carbons (Fsp3) is 0.312. The Hall–Kier alpha value is -2.15. The van der Waals surface area contributed by atoms with Gasteiger partial charge >= 0.3 is 5.97 Å². The number of nitrogens with zero attached hydrogens (tertiary/aromatic N) is 1.